The molecule has 10 nitrogen and oxygen atoms in total. The zero-order chi connectivity index (χ0) is 30.9. The summed E-state index contributed by atoms with van der Waals surface area (Å²) in [6, 6.07) is 4.46. The van der Waals surface area contributed by atoms with Crippen molar-refractivity contribution in [2.24, 2.45) is 0 Å². The highest BCUT2D eigenvalue weighted by molar-refractivity contribution is 7.15. The number of thiazole rings is 1. The first-order chi connectivity index (χ1) is 19.8. The van der Waals surface area contributed by atoms with Gasteiger partial charge in [0.05, 0.1) is 33.0 Å². The molecule has 1 aromatic carbocycles. The molecule has 2 aromatic rings. The van der Waals surface area contributed by atoms with Crippen molar-refractivity contribution in [2.45, 2.75) is 71.4 Å². The molecular formula is C30H40FN3O7S. The SMILES string of the molecule is COC(=O)c1nc(NCC2CCOC(C)(C)O2)sc1CCCOc1ccc(C#CCN(C)C(=O)OC(C)(C)C)cc1F. The van der Waals surface area contributed by atoms with E-state index in [1.165, 1.54) is 35.5 Å². The molecular weight excluding hydrogens is 565 g/mol. The number of methoxy groups -OCH3 is 1. The lowest BCUT2D eigenvalue weighted by atomic mass is 10.2. The van der Waals surface area contributed by atoms with Crippen molar-refractivity contribution in [1.29, 1.82) is 0 Å². The molecule has 1 aromatic heterocycles. The van der Waals surface area contributed by atoms with Gasteiger partial charge in [0.15, 0.2) is 28.2 Å². The Balaban J connectivity index is 1.50. The number of benzene rings is 1. The van der Waals surface area contributed by atoms with Crippen LogP contribution in [0.25, 0.3) is 0 Å². The number of carbonyl (C=O) groups is 2. The minimum atomic E-state index is -0.636. The fourth-order valence-corrected chi connectivity index (χ4v) is 4.90. The number of esters is 1. The highest BCUT2D eigenvalue weighted by atomic mass is 32.1. The number of rotatable bonds is 10. The summed E-state index contributed by atoms with van der Waals surface area (Å²) in [7, 11) is 2.90. The minimum Gasteiger partial charge on any atom is -0.491 e. The van der Waals surface area contributed by atoms with E-state index in [4.69, 9.17) is 23.7 Å². The first kappa shape index (κ1) is 33.1. The van der Waals surface area contributed by atoms with E-state index in [-0.39, 0.29) is 30.7 Å². The Morgan fingerprint density at radius 2 is 2.07 bits per heavy atom. The highest BCUT2D eigenvalue weighted by Crippen LogP contribution is 2.27. The van der Waals surface area contributed by atoms with Crippen LogP contribution in [0, 0.1) is 17.7 Å². The van der Waals surface area contributed by atoms with E-state index >= 15 is 0 Å². The van der Waals surface area contributed by atoms with Crippen LogP contribution in [-0.2, 0) is 25.4 Å². The van der Waals surface area contributed by atoms with Crippen molar-refractivity contribution in [2.75, 3.05) is 45.8 Å². The molecule has 3 rings (SSSR count). The number of hydrogen-bond acceptors (Lipinski definition) is 10. The molecule has 1 fully saturated rings. The second-order valence-corrected chi connectivity index (χ2v) is 12.3. The van der Waals surface area contributed by atoms with Crippen LogP contribution in [-0.4, -0.2) is 79.9 Å². The number of nitrogens with one attached hydrogen (secondary N) is 1. The van der Waals surface area contributed by atoms with Gasteiger partial charge in [0, 0.05) is 24.0 Å². The maximum absolute atomic E-state index is 14.6. The Morgan fingerprint density at radius 3 is 2.74 bits per heavy atom. The van der Waals surface area contributed by atoms with Crippen molar-refractivity contribution in [1.82, 2.24) is 9.88 Å². The van der Waals surface area contributed by atoms with Gasteiger partial charge in [-0.3, -0.25) is 0 Å². The van der Waals surface area contributed by atoms with Gasteiger partial charge in [-0.05, 0) is 72.1 Å². The predicted octanol–water partition coefficient (Wildman–Crippen LogP) is 5.25. The van der Waals surface area contributed by atoms with E-state index in [9.17, 15) is 14.0 Å². The molecule has 230 valence electrons. The molecule has 0 spiro atoms. The Bertz CT molecular complexity index is 1300. The summed E-state index contributed by atoms with van der Waals surface area (Å²) >= 11 is 1.37. The molecule has 0 radical (unpaired) electrons. The van der Waals surface area contributed by atoms with Gasteiger partial charge >= 0.3 is 12.1 Å². The number of amides is 1. The summed E-state index contributed by atoms with van der Waals surface area (Å²) in [5.41, 5.74) is 0.116. The summed E-state index contributed by atoms with van der Waals surface area (Å²) in [5.74, 6) is 4.10. The fraction of sp³-hybridized carbons (Fsp3) is 0.567. The van der Waals surface area contributed by atoms with Crippen molar-refractivity contribution in [3.05, 3.63) is 40.2 Å². The number of nitrogens with zero attached hydrogens (tertiary/aromatic N) is 2. The molecule has 1 atom stereocenters. The number of aryl methyl sites for hydroxylation is 1. The molecule has 2 heterocycles. The number of halogens is 1. The van der Waals surface area contributed by atoms with Crippen LogP contribution >= 0.6 is 11.3 Å². The molecule has 1 amide bonds. The normalized spacial score (nSPS) is 16.1. The molecule has 1 aliphatic heterocycles. The quantitative estimate of drug-likeness (QED) is 0.221. The van der Waals surface area contributed by atoms with Gasteiger partial charge in [0.2, 0.25) is 0 Å². The standard InChI is InChI=1S/C30H40FN3O7S/c1-29(2,3)41-28(36)34(6)15-8-10-20-12-13-23(22(31)18-20)38-16-9-11-24-25(26(35)37-7)33-27(42-24)32-19-21-14-17-39-30(4,5)40-21/h12-13,18,21H,9,11,14-17,19H2,1-7H3,(H,32,33). The molecule has 0 bridgehead atoms. The number of ether oxygens (including phenoxy) is 5. The van der Waals surface area contributed by atoms with Crippen molar-refractivity contribution < 1.29 is 37.7 Å². The molecule has 1 N–H and O–H groups in total. The van der Waals surface area contributed by atoms with Crippen LogP contribution in [0.1, 0.15) is 68.4 Å². The second-order valence-electron chi connectivity index (χ2n) is 11.2. The molecule has 42 heavy (non-hydrogen) atoms. The summed E-state index contributed by atoms with van der Waals surface area (Å²) in [6.45, 7) is 10.6. The number of carbonyl (C=O) groups excluding carboxylic acids is 2. The van der Waals surface area contributed by atoms with Gasteiger partial charge in [-0.1, -0.05) is 11.8 Å². The maximum atomic E-state index is 14.6. The van der Waals surface area contributed by atoms with E-state index in [0.29, 0.717) is 36.7 Å². The lowest BCUT2D eigenvalue weighted by Crippen LogP contribution is -2.42. The van der Waals surface area contributed by atoms with Crippen LogP contribution in [0.2, 0.25) is 0 Å². The van der Waals surface area contributed by atoms with E-state index < -0.39 is 29.3 Å². The zero-order valence-electron chi connectivity index (χ0n) is 25.3. The van der Waals surface area contributed by atoms with Crippen LogP contribution < -0.4 is 10.1 Å². The van der Waals surface area contributed by atoms with Crippen molar-refractivity contribution >= 4 is 28.5 Å². The summed E-state index contributed by atoms with van der Waals surface area (Å²) in [5, 5.41) is 3.85. The molecule has 0 saturated carbocycles. The Morgan fingerprint density at radius 1 is 1.31 bits per heavy atom. The van der Waals surface area contributed by atoms with Crippen molar-refractivity contribution in [3.63, 3.8) is 0 Å². The fourth-order valence-electron chi connectivity index (χ4n) is 3.90. The van der Waals surface area contributed by atoms with Gasteiger partial charge in [-0.15, -0.1) is 11.3 Å². The van der Waals surface area contributed by atoms with Gasteiger partial charge in [-0.25, -0.2) is 19.0 Å². The third-order valence-electron chi connectivity index (χ3n) is 5.89. The van der Waals surface area contributed by atoms with Gasteiger partial charge in [-0.2, -0.15) is 0 Å². The number of aromatic nitrogens is 1. The van der Waals surface area contributed by atoms with Gasteiger partial charge in [0.25, 0.3) is 0 Å². The van der Waals surface area contributed by atoms with E-state index in [1.54, 1.807) is 33.9 Å². The Labute approximate surface area is 250 Å². The Kier molecular flexibility index (Phi) is 11.6. The minimum absolute atomic E-state index is 0.0399. The average molecular weight is 606 g/mol. The predicted molar refractivity (Wildman–Crippen MR) is 157 cm³/mol. The number of hydrogen-bond donors (Lipinski definition) is 1. The smallest absolute Gasteiger partial charge is 0.410 e. The molecule has 0 aliphatic carbocycles. The molecule has 1 saturated heterocycles. The summed E-state index contributed by atoms with van der Waals surface area (Å²) in [4.78, 5) is 30.8. The number of anilines is 1. The largest absolute Gasteiger partial charge is 0.491 e. The van der Waals surface area contributed by atoms with E-state index in [1.807, 2.05) is 13.8 Å². The van der Waals surface area contributed by atoms with Crippen LogP contribution in [0.5, 0.6) is 5.75 Å². The first-order valence-electron chi connectivity index (χ1n) is 13.8. The van der Waals surface area contributed by atoms with E-state index in [2.05, 4.69) is 22.1 Å². The van der Waals surface area contributed by atoms with Crippen LogP contribution in [0.4, 0.5) is 14.3 Å². The molecule has 1 unspecified atom stereocenters. The highest BCUT2D eigenvalue weighted by Gasteiger charge is 2.29. The molecule has 1 aliphatic rings. The maximum Gasteiger partial charge on any atom is 0.410 e. The monoisotopic (exact) mass is 605 g/mol. The molecule has 12 heteroatoms. The topological polar surface area (TPSA) is 108 Å². The summed E-state index contributed by atoms with van der Waals surface area (Å²) in [6.07, 6.45) is 1.26. The first-order valence-corrected chi connectivity index (χ1v) is 14.6. The zero-order valence-corrected chi connectivity index (χ0v) is 26.1. The third-order valence-corrected chi connectivity index (χ3v) is 6.96. The van der Waals surface area contributed by atoms with Gasteiger partial charge in [0.1, 0.15) is 5.60 Å². The summed E-state index contributed by atoms with van der Waals surface area (Å²) < 4.78 is 42.0. The van der Waals surface area contributed by atoms with Crippen molar-refractivity contribution in [3.8, 4) is 17.6 Å². The van der Waals surface area contributed by atoms with Gasteiger partial charge < -0.3 is 33.9 Å². The second kappa shape index (κ2) is 14.7. The van der Waals surface area contributed by atoms with Crippen LogP contribution in [0.15, 0.2) is 18.2 Å². The van der Waals surface area contributed by atoms with Crippen LogP contribution in [0.3, 0.4) is 0 Å². The lowest BCUT2D eigenvalue weighted by Gasteiger charge is -2.36. The van der Waals surface area contributed by atoms with E-state index in [0.717, 1.165) is 11.3 Å². The third kappa shape index (κ3) is 10.5. The Hall–Kier alpha value is -3.40. The average Bonchev–Trinajstić information content (AvgIpc) is 3.32. The lowest BCUT2D eigenvalue weighted by molar-refractivity contribution is -0.269.